The molecule has 28 heavy (non-hydrogen) atoms. The van der Waals surface area contributed by atoms with Crippen molar-refractivity contribution in [3.63, 3.8) is 0 Å². The fourth-order valence-electron chi connectivity index (χ4n) is 3.47. The molecule has 3 N–H and O–H groups in total. The van der Waals surface area contributed by atoms with E-state index in [2.05, 4.69) is 33.0 Å². The maximum absolute atomic E-state index is 11.2. The smallest absolute Gasteiger partial charge is 0.404 e. The summed E-state index contributed by atoms with van der Waals surface area (Å²) in [6.07, 6.45) is 0.459. The topological polar surface area (TPSA) is 82.5 Å². The molecule has 152 valence electrons. The number of carboxylic acid groups (broad SMARTS) is 1. The Hall–Kier alpha value is -2.40. The van der Waals surface area contributed by atoms with E-state index in [-0.39, 0.29) is 13.2 Å². The first-order valence-corrected chi connectivity index (χ1v) is 9.91. The Kier molecular flexibility index (Phi) is 7.58. The number of nitrogens with one attached hydrogen (secondary N) is 1. The van der Waals surface area contributed by atoms with Crippen LogP contribution in [0.5, 0.6) is 0 Å². The summed E-state index contributed by atoms with van der Waals surface area (Å²) in [6.45, 7) is 10.6. The first-order chi connectivity index (χ1) is 13.2. The van der Waals surface area contributed by atoms with Gasteiger partial charge in [0.25, 0.3) is 0 Å². The fraction of sp³-hybridized carbons (Fsp3) is 0.478. The normalized spacial score (nSPS) is 11.3. The second-order valence-electron chi connectivity index (χ2n) is 8.22. The Morgan fingerprint density at radius 3 is 2.00 bits per heavy atom. The summed E-state index contributed by atoms with van der Waals surface area (Å²) in [5, 5.41) is 21.9. The van der Waals surface area contributed by atoms with Gasteiger partial charge in [-0.05, 0) is 42.7 Å². The van der Waals surface area contributed by atoms with Crippen molar-refractivity contribution in [2.24, 2.45) is 11.8 Å². The van der Waals surface area contributed by atoms with Gasteiger partial charge in [-0.25, -0.2) is 4.79 Å². The lowest BCUT2D eigenvalue weighted by Crippen LogP contribution is -2.23. The van der Waals surface area contributed by atoms with E-state index in [0.717, 1.165) is 52.0 Å². The lowest BCUT2D eigenvalue weighted by atomic mass is 9.88. The summed E-state index contributed by atoms with van der Waals surface area (Å²) < 4.78 is 0. The third-order valence-electron chi connectivity index (χ3n) is 4.69. The van der Waals surface area contributed by atoms with E-state index in [4.69, 9.17) is 10.1 Å². The summed E-state index contributed by atoms with van der Waals surface area (Å²) in [4.78, 5) is 16.1. The van der Waals surface area contributed by atoms with Crippen molar-refractivity contribution in [1.82, 2.24) is 10.3 Å². The molecule has 0 saturated carbocycles. The Balaban J connectivity index is 2.78. The van der Waals surface area contributed by atoms with E-state index in [0.29, 0.717) is 11.8 Å². The molecule has 2 rings (SSSR count). The Morgan fingerprint density at radius 1 is 1.00 bits per heavy atom. The molecule has 1 aromatic carbocycles. The predicted octanol–water partition coefficient (Wildman–Crippen LogP) is 4.71. The number of rotatable bonds is 8. The van der Waals surface area contributed by atoms with Gasteiger partial charge in [0, 0.05) is 29.1 Å². The summed E-state index contributed by atoms with van der Waals surface area (Å²) in [5.74, 6) is 0.785. The summed E-state index contributed by atoms with van der Waals surface area (Å²) >= 11 is 0. The van der Waals surface area contributed by atoms with E-state index in [1.807, 2.05) is 31.2 Å². The van der Waals surface area contributed by atoms with Gasteiger partial charge in [0.15, 0.2) is 0 Å². The summed E-state index contributed by atoms with van der Waals surface area (Å²) in [6, 6.07) is 8.14. The Labute approximate surface area is 167 Å². The van der Waals surface area contributed by atoms with Crippen LogP contribution in [-0.4, -0.2) is 21.3 Å². The number of aliphatic hydroxyl groups is 1. The van der Waals surface area contributed by atoms with E-state index in [9.17, 15) is 9.90 Å². The number of amides is 1. The lowest BCUT2D eigenvalue weighted by molar-refractivity contribution is 0.194. The average Bonchev–Trinajstić information content (AvgIpc) is 2.60. The zero-order valence-electron chi connectivity index (χ0n) is 17.5. The molecular formula is C23H32N2O3. The number of aromatic nitrogens is 1. The highest BCUT2D eigenvalue weighted by Gasteiger charge is 2.22. The molecule has 0 saturated heterocycles. The van der Waals surface area contributed by atoms with Crippen LogP contribution in [0.2, 0.25) is 0 Å². The lowest BCUT2D eigenvalue weighted by Gasteiger charge is -2.23. The second kappa shape index (κ2) is 9.69. The third-order valence-corrected chi connectivity index (χ3v) is 4.69. The van der Waals surface area contributed by atoms with Crippen LogP contribution in [0.25, 0.3) is 11.1 Å². The van der Waals surface area contributed by atoms with Crippen LogP contribution in [0.3, 0.4) is 0 Å². The van der Waals surface area contributed by atoms with E-state index >= 15 is 0 Å². The quantitative estimate of drug-likeness (QED) is 0.615. The standard InChI is InChI=1S/C23H32N2O3/c1-14(2)10-20-18(12-24-23(27)28)22(17-8-6-16(5)7-9-17)19(13-26)21(25-20)11-15(3)4/h6-9,14-15,24,26H,10-13H2,1-5H3,(H,27,28). The molecule has 5 heteroatoms. The maximum atomic E-state index is 11.2. The zero-order chi connectivity index (χ0) is 20.8. The molecule has 0 aliphatic rings. The molecule has 0 aliphatic heterocycles. The molecule has 1 heterocycles. The highest BCUT2D eigenvalue weighted by Crippen LogP contribution is 2.34. The van der Waals surface area contributed by atoms with Crippen LogP contribution in [0, 0.1) is 18.8 Å². The van der Waals surface area contributed by atoms with Crippen LogP contribution in [0.4, 0.5) is 4.79 Å². The minimum atomic E-state index is -1.07. The predicted molar refractivity (Wildman–Crippen MR) is 112 cm³/mol. The molecule has 0 bridgehead atoms. The molecule has 1 aromatic heterocycles. The van der Waals surface area contributed by atoms with Crippen LogP contribution < -0.4 is 5.32 Å². The van der Waals surface area contributed by atoms with Gasteiger partial charge >= 0.3 is 6.09 Å². The largest absolute Gasteiger partial charge is 0.465 e. The summed E-state index contributed by atoms with van der Waals surface area (Å²) in [5.41, 5.74) is 6.52. The molecule has 0 unspecified atom stereocenters. The van der Waals surface area contributed by atoms with Crippen molar-refractivity contribution >= 4 is 6.09 Å². The minimum absolute atomic E-state index is 0.125. The molecule has 0 aliphatic carbocycles. The number of benzene rings is 1. The van der Waals surface area contributed by atoms with Crippen LogP contribution in [-0.2, 0) is 26.0 Å². The van der Waals surface area contributed by atoms with Gasteiger partial charge in [-0.3, -0.25) is 4.98 Å². The molecule has 0 atom stereocenters. The van der Waals surface area contributed by atoms with Crippen LogP contribution >= 0.6 is 0 Å². The van der Waals surface area contributed by atoms with Crippen LogP contribution in [0.1, 0.15) is 55.8 Å². The van der Waals surface area contributed by atoms with Gasteiger partial charge < -0.3 is 15.5 Å². The Morgan fingerprint density at radius 2 is 1.54 bits per heavy atom. The van der Waals surface area contributed by atoms with Crippen LogP contribution in [0.15, 0.2) is 24.3 Å². The molecular weight excluding hydrogens is 352 g/mol. The monoisotopic (exact) mass is 384 g/mol. The second-order valence-corrected chi connectivity index (χ2v) is 8.22. The number of aryl methyl sites for hydroxylation is 1. The van der Waals surface area contributed by atoms with Gasteiger partial charge in [-0.2, -0.15) is 0 Å². The number of nitrogens with zero attached hydrogens (tertiary/aromatic N) is 1. The Bertz CT molecular complexity index is 812. The van der Waals surface area contributed by atoms with E-state index < -0.39 is 6.09 Å². The minimum Gasteiger partial charge on any atom is -0.465 e. The molecule has 5 nitrogen and oxygen atoms in total. The molecule has 1 amide bonds. The average molecular weight is 385 g/mol. The van der Waals surface area contributed by atoms with E-state index in [1.165, 1.54) is 0 Å². The highest BCUT2D eigenvalue weighted by molar-refractivity contribution is 5.74. The fourth-order valence-corrected chi connectivity index (χ4v) is 3.47. The summed E-state index contributed by atoms with van der Waals surface area (Å²) in [7, 11) is 0. The van der Waals surface area contributed by atoms with Crippen molar-refractivity contribution in [1.29, 1.82) is 0 Å². The number of hydrogen-bond donors (Lipinski definition) is 3. The molecule has 2 aromatic rings. The van der Waals surface area contributed by atoms with Gasteiger partial charge in [-0.15, -0.1) is 0 Å². The van der Waals surface area contributed by atoms with Crippen molar-refractivity contribution in [2.45, 2.75) is 60.6 Å². The van der Waals surface area contributed by atoms with E-state index in [1.54, 1.807) is 0 Å². The molecule has 0 spiro atoms. The number of pyridine rings is 1. The number of hydrogen-bond acceptors (Lipinski definition) is 3. The van der Waals surface area contributed by atoms with Gasteiger partial charge in [0.05, 0.1) is 6.61 Å². The van der Waals surface area contributed by atoms with Crippen molar-refractivity contribution in [2.75, 3.05) is 0 Å². The van der Waals surface area contributed by atoms with Gasteiger partial charge in [0.2, 0.25) is 0 Å². The number of carbonyl (C=O) groups is 1. The van der Waals surface area contributed by atoms with Crippen molar-refractivity contribution < 1.29 is 15.0 Å². The zero-order valence-corrected chi connectivity index (χ0v) is 17.5. The highest BCUT2D eigenvalue weighted by atomic mass is 16.4. The SMILES string of the molecule is Cc1ccc(-c2c(CO)c(CC(C)C)nc(CC(C)C)c2CNC(=O)O)cc1. The van der Waals surface area contributed by atoms with Gasteiger partial charge in [-0.1, -0.05) is 57.5 Å². The first kappa shape index (κ1) is 21.9. The van der Waals surface area contributed by atoms with Crippen molar-refractivity contribution in [3.8, 4) is 11.1 Å². The maximum Gasteiger partial charge on any atom is 0.404 e. The molecule has 0 fully saturated rings. The first-order valence-electron chi connectivity index (χ1n) is 9.91. The van der Waals surface area contributed by atoms with Gasteiger partial charge in [0.1, 0.15) is 0 Å². The third kappa shape index (κ3) is 5.55. The number of aliphatic hydroxyl groups excluding tert-OH is 1. The molecule has 0 radical (unpaired) electrons. The van der Waals surface area contributed by atoms with Crippen molar-refractivity contribution in [3.05, 3.63) is 52.3 Å².